The maximum atomic E-state index is 12.9. The Labute approximate surface area is 194 Å². The van der Waals surface area contributed by atoms with Gasteiger partial charge in [0.1, 0.15) is 17.7 Å². The topological polar surface area (TPSA) is 128 Å². The number of nitrogens with one attached hydrogen (secondary N) is 3. The molecule has 33 heavy (non-hydrogen) atoms. The van der Waals surface area contributed by atoms with Gasteiger partial charge in [0, 0.05) is 6.54 Å². The summed E-state index contributed by atoms with van der Waals surface area (Å²) >= 11 is 0. The molecule has 0 aliphatic rings. The molecule has 3 amide bonds. The molecular formula is C25H33N3O5. The molecule has 0 saturated carbocycles. The second-order valence-electron chi connectivity index (χ2n) is 8.45. The van der Waals surface area contributed by atoms with Crippen LogP contribution >= 0.6 is 0 Å². The molecule has 2 atom stereocenters. The molecule has 1 unspecified atom stereocenters. The minimum atomic E-state index is -1.10. The summed E-state index contributed by atoms with van der Waals surface area (Å²) in [5, 5.41) is 24.0. The quantitative estimate of drug-likeness (QED) is 0.191. The number of hydrogen-bond acceptors (Lipinski definition) is 5. The molecule has 2 rings (SSSR count). The summed E-state index contributed by atoms with van der Waals surface area (Å²) in [4.78, 5) is 37.8. The molecule has 0 spiro atoms. The molecule has 0 heterocycles. The van der Waals surface area contributed by atoms with Crippen molar-refractivity contribution in [1.29, 1.82) is 0 Å². The Morgan fingerprint density at radius 3 is 2.09 bits per heavy atom. The maximum absolute atomic E-state index is 12.9. The van der Waals surface area contributed by atoms with Crippen LogP contribution in [0.15, 0.2) is 54.6 Å². The summed E-state index contributed by atoms with van der Waals surface area (Å²) in [6.45, 7) is 4.09. The first-order valence-electron chi connectivity index (χ1n) is 11.1. The summed E-state index contributed by atoms with van der Waals surface area (Å²) in [5.74, 6) is -2.61. The zero-order chi connectivity index (χ0) is 24.2. The van der Waals surface area contributed by atoms with Crippen LogP contribution in [0, 0.1) is 11.8 Å². The van der Waals surface area contributed by atoms with E-state index < -0.39 is 23.8 Å². The van der Waals surface area contributed by atoms with E-state index in [9.17, 15) is 19.5 Å². The lowest BCUT2D eigenvalue weighted by atomic mass is 9.95. The number of aryl methyl sites for hydroxylation is 1. The Hall–Kier alpha value is -3.39. The zero-order valence-corrected chi connectivity index (χ0v) is 19.1. The Morgan fingerprint density at radius 2 is 1.48 bits per heavy atom. The predicted octanol–water partition coefficient (Wildman–Crippen LogP) is 2.34. The Morgan fingerprint density at radius 1 is 0.848 bits per heavy atom. The number of carbonyl (C=O) groups excluding carboxylic acids is 3. The highest BCUT2D eigenvalue weighted by Gasteiger charge is 2.30. The van der Waals surface area contributed by atoms with Gasteiger partial charge in [0.25, 0.3) is 5.91 Å². The first-order chi connectivity index (χ1) is 15.8. The molecule has 178 valence electrons. The number of hydrogen-bond donors (Lipinski definition) is 5. The van der Waals surface area contributed by atoms with Crippen LogP contribution in [-0.4, -0.2) is 40.6 Å². The summed E-state index contributed by atoms with van der Waals surface area (Å²) < 4.78 is 0. The normalized spacial score (nSPS) is 12.6. The maximum Gasteiger partial charge on any atom is 0.255 e. The van der Waals surface area contributed by atoms with Gasteiger partial charge in [-0.05, 0) is 54.9 Å². The fraction of sp³-hybridized carbons (Fsp3) is 0.400. The lowest BCUT2D eigenvalue weighted by Gasteiger charge is -2.22. The summed E-state index contributed by atoms with van der Waals surface area (Å²) in [7, 11) is 0. The van der Waals surface area contributed by atoms with Gasteiger partial charge in [-0.25, -0.2) is 5.48 Å². The van der Waals surface area contributed by atoms with E-state index in [4.69, 9.17) is 5.21 Å². The van der Waals surface area contributed by atoms with Crippen LogP contribution < -0.4 is 16.1 Å². The summed E-state index contributed by atoms with van der Waals surface area (Å²) in [6.07, 6.45) is 1.73. The van der Waals surface area contributed by atoms with Gasteiger partial charge in [-0.3, -0.25) is 19.6 Å². The second kappa shape index (κ2) is 13.2. The van der Waals surface area contributed by atoms with Crippen molar-refractivity contribution in [2.24, 2.45) is 11.8 Å². The van der Waals surface area contributed by atoms with E-state index in [1.807, 2.05) is 44.2 Å². The van der Waals surface area contributed by atoms with Crippen molar-refractivity contribution in [3.05, 3.63) is 65.7 Å². The van der Waals surface area contributed by atoms with Crippen molar-refractivity contribution in [3.63, 3.8) is 0 Å². The molecule has 8 nitrogen and oxygen atoms in total. The van der Waals surface area contributed by atoms with Crippen LogP contribution in [0.2, 0.25) is 0 Å². The van der Waals surface area contributed by atoms with Gasteiger partial charge >= 0.3 is 0 Å². The van der Waals surface area contributed by atoms with Crippen molar-refractivity contribution in [1.82, 2.24) is 16.1 Å². The molecule has 5 N–H and O–H groups in total. The number of benzene rings is 2. The molecule has 2 aromatic carbocycles. The fourth-order valence-corrected chi connectivity index (χ4v) is 3.50. The number of aromatic hydroxyl groups is 1. The fourth-order valence-electron chi connectivity index (χ4n) is 3.50. The highest BCUT2D eigenvalue weighted by atomic mass is 16.5. The third kappa shape index (κ3) is 8.94. The number of phenolic OH excluding ortho intramolecular Hbond substituents is 1. The minimum absolute atomic E-state index is 0.0416. The van der Waals surface area contributed by atoms with Gasteiger partial charge in [-0.1, -0.05) is 56.3 Å². The largest absolute Gasteiger partial charge is 0.508 e. The summed E-state index contributed by atoms with van der Waals surface area (Å²) in [5.41, 5.74) is 3.53. The molecule has 0 aliphatic heterocycles. The van der Waals surface area contributed by atoms with Gasteiger partial charge < -0.3 is 15.7 Å². The highest BCUT2D eigenvalue weighted by molar-refractivity contribution is 6.01. The van der Waals surface area contributed by atoms with E-state index in [1.54, 1.807) is 29.7 Å². The lowest BCUT2D eigenvalue weighted by molar-refractivity contribution is -0.142. The number of carbonyl (C=O) groups is 3. The van der Waals surface area contributed by atoms with Crippen molar-refractivity contribution in [2.75, 3.05) is 6.54 Å². The van der Waals surface area contributed by atoms with E-state index in [1.165, 1.54) is 0 Å². The molecule has 0 saturated heterocycles. The van der Waals surface area contributed by atoms with Gasteiger partial charge in [0.15, 0.2) is 0 Å². The van der Waals surface area contributed by atoms with Crippen LogP contribution in [-0.2, 0) is 27.2 Å². The number of phenols is 1. The van der Waals surface area contributed by atoms with Gasteiger partial charge in [-0.15, -0.1) is 0 Å². The van der Waals surface area contributed by atoms with Crippen LogP contribution in [0.25, 0.3) is 0 Å². The van der Waals surface area contributed by atoms with E-state index >= 15 is 0 Å². The predicted molar refractivity (Wildman–Crippen MR) is 124 cm³/mol. The number of rotatable bonds is 12. The molecule has 0 aromatic heterocycles. The third-order valence-corrected chi connectivity index (χ3v) is 5.30. The van der Waals surface area contributed by atoms with E-state index in [2.05, 4.69) is 10.6 Å². The first kappa shape index (κ1) is 25.9. The highest BCUT2D eigenvalue weighted by Crippen LogP contribution is 2.14. The summed E-state index contributed by atoms with van der Waals surface area (Å²) in [6, 6.07) is 15.5. The third-order valence-electron chi connectivity index (χ3n) is 5.30. The monoisotopic (exact) mass is 455 g/mol. The molecular weight excluding hydrogens is 422 g/mol. The van der Waals surface area contributed by atoms with Crippen LogP contribution in [0.1, 0.15) is 37.8 Å². The number of amides is 3. The lowest BCUT2D eigenvalue weighted by Crippen LogP contribution is -2.51. The van der Waals surface area contributed by atoms with Gasteiger partial charge in [0.05, 0.1) is 0 Å². The Kier molecular flexibility index (Phi) is 10.4. The van der Waals surface area contributed by atoms with Crippen molar-refractivity contribution >= 4 is 17.7 Å². The van der Waals surface area contributed by atoms with E-state index in [0.29, 0.717) is 25.8 Å². The smallest absolute Gasteiger partial charge is 0.255 e. The van der Waals surface area contributed by atoms with Crippen molar-refractivity contribution < 1.29 is 24.7 Å². The SMILES string of the molecule is CC(C)CC(C(=O)NO)C(=O)N[C@@H](CCc1ccccc1)C(=O)NCCc1ccc(O)cc1. The zero-order valence-electron chi connectivity index (χ0n) is 19.1. The standard InChI is InChI=1S/C25H33N3O5/c1-17(2)16-21(24(31)28-33)23(30)27-22(13-10-18-6-4-3-5-7-18)25(32)26-15-14-19-8-11-20(29)12-9-19/h3-9,11-12,17,21-22,29,33H,10,13-16H2,1-2H3,(H,26,32)(H,27,30)(H,28,31)/t21?,22-/m0/s1. The molecule has 2 aromatic rings. The van der Waals surface area contributed by atoms with Crippen molar-refractivity contribution in [3.8, 4) is 5.75 Å². The van der Waals surface area contributed by atoms with E-state index in [0.717, 1.165) is 11.1 Å². The van der Waals surface area contributed by atoms with E-state index in [-0.39, 0.29) is 24.0 Å². The van der Waals surface area contributed by atoms with Crippen LogP contribution in [0.4, 0.5) is 0 Å². The Bertz CT molecular complexity index is 900. The molecule has 8 heteroatoms. The average molecular weight is 456 g/mol. The second-order valence-corrected chi connectivity index (χ2v) is 8.45. The Balaban J connectivity index is 2.05. The van der Waals surface area contributed by atoms with Crippen LogP contribution in [0.5, 0.6) is 5.75 Å². The molecule has 0 radical (unpaired) electrons. The van der Waals surface area contributed by atoms with Gasteiger partial charge in [-0.2, -0.15) is 0 Å². The van der Waals surface area contributed by atoms with Gasteiger partial charge in [0.2, 0.25) is 11.8 Å². The van der Waals surface area contributed by atoms with Crippen molar-refractivity contribution in [2.45, 2.75) is 45.6 Å². The molecule has 0 fully saturated rings. The first-order valence-corrected chi connectivity index (χ1v) is 11.1. The molecule has 0 bridgehead atoms. The number of hydroxylamine groups is 1. The molecule has 0 aliphatic carbocycles. The van der Waals surface area contributed by atoms with Crippen LogP contribution in [0.3, 0.4) is 0 Å². The average Bonchev–Trinajstić information content (AvgIpc) is 2.81. The minimum Gasteiger partial charge on any atom is -0.508 e.